The van der Waals surface area contributed by atoms with Crippen LogP contribution in [0.3, 0.4) is 0 Å². The maximum atomic E-state index is 12.1. The first kappa shape index (κ1) is 15.6. The molecule has 0 N–H and O–H groups in total. The van der Waals surface area contributed by atoms with Crippen LogP contribution < -0.4 is 10.5 Å². The van der Waals surface area contributed by atoms with Gasteiger partial charge in [0.2, 0.25) is 0 Å². The van der Waals surface area contributed by atoms with Gasteiger partial charge in [-0.05, 0) is 31.0 Å². The van der Waals surface area contributed by atoms with Gasteiger partial charge < -0.3 is 9.47 Å². The van der Waals surface area contributed by atoms with Crippen molar-refractivity contribution in [2.24, 2.45) is 7.05 Å². The lowest BCUT2D eigenvalue weighted by atomic mass is 9.94. The fourth-order valence-corrected chi connectivity index (χ4v) is 4.19. The summed E-state index contributed by atoms with van der Waals surface area (Å²) < 4.78 is 1.53. The molecule has 5 heteroatoms. The summed E-state index contributed by atoms with van der Waals surface area (Å²) in [6.45, 7) is 4.42. The minimum atomic E-state index is 0.0219. The van der Waals surface area contributed by atoms with Crippen molar-refractivity contribution in [3.63, 3.8) is 0 Å². The van der Waals surface area contributed by atoms with Gasteiger partial charge in [-0.3, -0.25) is 9.69 Å². The zero-order valence-electron chi connectivity index (χ0n) is 14.4. The molecule has 1 saturated carbocycles. The van der Waals surface area contributed by atoms with Crippen molar-refractivity contribution in [3.8, 4) is 0 Å². The minimum Gasteiger partial charge on any atom is -0.369 e. The van der Waals surface area contributed by atoms with Crippen molar-refractivity contribution in [1.29, 1.82) is 0 Å². The van der Waals surface area contributed by atoms with Crippen LogP contribution in [0.4, 0.5) is 5.69 Å². The van der Waals surface area contributed by atoms with Crippen molar-refractivity contribution >= 4 is 16.6 Å². The number of aryl methyl sites for hydroxylation is 1. The van der Waals surface area contributed by atoms with Gasteiger partial charge in [0.05, 0.1) is 17.2 Å². The third-order valence-corrected chi connectivity index (χ3v) is 5.67. The SMILES string of the molecule is Cn1cnc2cc(N3CCN(C4CCCCC4)CC3)ccc2c1=O. The summed E-state index contributed by atoms with van der Waals surface area (Å²) >= 11 is 0. The van der Waals surface area contributed by atoms with Crippen molar-refractivity contribution in [2.45, 2.75) is 38.1 Å². The molecule has 1 aromatic heterocycles. The normalized spacial score (nSPS) is 20.6. The second-order valence-corrected chi connectivity index (χ2v) is 7.18. The monoisotopic (exact) mass is 326 g/mol. The summed E-state index contributed by atoms with van der Waals surface area (Å²) in [6, 6.07) is 6.87. The summed E-state index contributed by atoms with van der Waals surface area (Å²) in [4.78, 5) is 21.7. The highest BCUT2D eigenvalue weighted by atomic mass is 16.1. The lowest BCUT2D eigenvalue weighted by Gasteiger charge is -2.41. The summed E-state index contributed by atoms with van der Waals surface area (Å²) in [5.74, 6) is 0. The first-order valence-electron chi connectivity index (χ1n) is 9.17. The Morgan fingerprint density at radius 2 is 1.79 bits per heavy atom. The van der Waals surface area contributed by atoms with Gasteiger partial charge in [0.1, 0.15) is 0 Å². The van der Waals surface area contributed by atoms with Gasteiger partial charge in [0.25, 0.3) is 5.56 Å². The van der Waals surface area contributed by atoms with Crippen LogP contribution in [0.2, 0.25) is 0 Å². The average molecular weight is 326 g/mol. The van der Waals surface area contributed by atoms with Gasteiger partial charge >= 0.3 is 0 Å². The Morgan fingerprint density at radius 3 is 2.54 bits per heavy atom. The van der Waals surface area contributed by atoms with Crippen molar-refractivity contribution in [1.82, 2.24) is 14.5 Å². The van der Waals surface area contributed by atoms with E-state index in [2.05, 4.69) is 26.9 Å². The van der Waals surface area contributed by atoms with Crippen LogP contribution in [0, 0.1) is 0 Å². The summed E-state index contributed by atoms with van der Waals surface area (Å²) in [6.07, 6.45) is 8.58. The largest absolute Gasteiger partial charge is 0.369 e. The van der Waals surface area contributed by atoms with Gasteiger partial charge in [0, 0.05) is 45.0 Å². The number of aromatic nitrogens is 2. The third kappa shape index (κ3) is 2.93. The molecule has 1 aliphatic carbocycles. The smallest absolute Gasteiger partial charge is 0.260 e. The molecule has 24 heavy (non-hydrogen) atoms. The van der Waals surface area contributed by atoms with Crippen LogP contribution in [0.1, 0.15) is 32.1 Å². The second-order valence-electron chi connectivity index (χ2n) is 7.18. The number of fused-ring (bicyclic) bond motifs is 1. The van der Waals surface area contributed by atoms with Gasteiger partial charge in [0.15, 0.2) is 0 Å². The Labute approximate surface area is 142 Å². The van der Waals surface area contributed by atoms with E-state index in [0.717, 1.165) is 37.7 Å². The number of benzene rings is 1. The highest BCUT2D eigenvalue weighted by Crippen LogP contribution is 2.25. The van der Waals surface area contributed by atoms with Crippen molar-refractivity contribution in [2.75, 3.05) is 31.1 Å². The van der Waals surface area contributed by atoms with Crippen LogP contribution in [-0.4, -0.2) is 46.7 Å². The van der Waals surface area contributed by atoms with E-state index in [1.165, 1.54) is 42.4 Å². The van der Waals surface area contributed by atoms with Crippen LogP contribution >= 0.6 is 0 Å². The molecule has 1 saturated heterocycles. The summed E-state index contributed by atoms with van der Waals surface area (Å²) in [7, 11) is 1.74. The average Bonchev–Trinajstić information content (AvgIpc) is 2.65. The summed E-state index contributed by atoms with van der Waals surface area (Å²) in [5, 5.41) is 0.699. The summed E-state index contributed by atoms with van der Waals surface area (Å²) in [5.41, 5.74) is 2.01. The molecule has 2 fully saturated rings. The maximum absolute atomic E-state index is 12.1. The molecule has 1 aliphatic heterocycles. The van der Waals surface area contributed by atoms with Gasteiger partial charge in [-0.25, -0.2) is 4.98 Å². The number of anilines is 1. The van der Waals surface area contributed by atoms with Crippen LogP contribution in [0.25, 0.3) is 10.9 Å². The Morgan fingerprint density at radius 1 is 1.04 bits per heavy atom. The first-order chi connectivity index (χ1) is 11.7. The molecule has 4 rings (SSSR count). The second kappa shape index (κ2) is 6.55. The molecule has 0 unspecified atom stereocenters. The highest BCUT2D eigenvalue weighted by molar-refractivity contribution is 5.81. The molecular formula is C19H26N4O. The maximum Gasteiger partial charge on any atom is 0.260 e. The number of nitrogens with zero attached hydrogens (tertiary/aromatic N) is 4. The van der Waals surface area contributed by atoms with E-state index >= 15 is 0 Å². The first-order valence-corrected chi connectivity index (χ1v) is 9.17. The predicted octanol–water partition coefficient (Wildman–Crippen LogP) is 2.39. The fraction of sp³-hybridized carbons (Fsp3) is 0.579. The lowest BCUT2D eigenvalue weighted by Crippen LogP contribution is -2.50. The van der Waals surface area contributed by atoms with E-state index in [4.69, 9.17) is 0 Å². The molecule has 0 amide bonds. The van der Waals surface area contributed by atoms with E-state index < -0.39 is 0 Å². The van der Waals surface area contributed by atoms with Gasteiger partial charge in [-0.15, -0.1) is 0 Å². The van der Waals surface area contributed by atoms with E-state index in [9.17, 15) is 4.79 Å². The van der Waals surface area contributed by atoms with Crippen LogP contribution in [0.5, 0.6) is 0 Å². The molecule has 0 bridgehead atoms. The Hall–Kier alpha value is -1.88. The molecule has 0 spiro atoms. The molecule has 2 aromatic rings. The van der Waals surface area contributed by atoms with E-state index in [-0.39, 0.29) is 5.56 Å². The minimum absolute atomic E-state index is 0.0219. The molecule has 0 atom stereocenters. The molecule has 2 aliphatic rings. The van der Waals surface area contributed by atoms with E-state index in [1.54, 1.807) is 13.4 Å². The van der Waals surface area contributed by atoms with E-state index in [1.807, 2.05) is 6.07 Å². The predicted molar refractivity (Wildman–Crippen MR) is 97.6 cm³/mol. The zero-order valence-corrected chi connectivity index (χ0v) is 14.4. The fourth-order valence-electron chi connectivity index (χ4n) is 4.19. The van der Waals surface area contributed by atoms with E-state index in [0.29, 0.717) is 5.39 Å². The number of rotatable bonds is 2. The van der Waals surface area contributed by atoms with Crippen LogP contribution in [0.15, 0.2) is 29.3 Å². The molecule has 5 nitrogen and oxygen atoms in total. The molecule has 128 valence electrons. The quantitative estimate of drug-likeness (QED) is 0.850. The number of hydrogen-bond donors (Lipinski definition) is 0. The van der Waals surface area contributed by atoms with Gasteiger partial charge in [-0.1, -0.05) is 19.3 Å². The van der Waals surface area contributed by atoms with Gasteiger partial charge in [-0.2, -0.15) is 0 Å². The van der Waals surface area contributed by atoms with Crippen molar-refractivity contribution in [3.05, 3.63) is 34.9 Å². The third-order valence-electron chi connectivity index (χ3n) is 5.67. The zero-order chi connectivity index (χ0) is 16.5. The topological polar surface area (TPSA) is 41.4 Å². The molecular weight excluding hydrogens is 300 g/mol. The Kier molecular flexibility index (Phi) is 4.27. The Bertz CT molecular complexity index is 771. The highest BCUT2D eigenvalue weighted by Gasteiger charge is 2.25. The Balaban J connectivity index is 1.48. The number of hydrogen-bond acceptors (Lipinski definition) is 4. The molecule has 0 radical (unpaired) electrons. The van der Waals surface area contributed by atoms with Crippen LogP contribution in [-0.2, 0) is 7.05 Å². The lowest BCUT2D eigenvalue weighted by molar-refractivity contribution is 0.148. The van der Waals surface area contributed by atoms with Crippen molar-refractivity contribution < 1.29 is 0 Å². The standard InChI is InChI=1S/C19H26N4O/c1-21-14-20-18-13-16(7-8-17(18)19(21)24)23-11-9-22(10-12-23)15-5-3-2-4-6-15/h7-8,13-15H,2-6,9-12H2,1H3. The molecule has 1 aromatic carbocycles. The molecule has 2 heterocycles. The number of piperazine rings is 1.